The molecule has 4 heteroatoms. The topological polar surface area (TPSA) is 70.5 Å². The molecule has 0 saturated heterocycles. The molecule has 5 rings (SSSR count). The van der Waals surface area contributed by atoms with Gasteiger partial charge in [0.15, 0.2) is 11.5 Å². The van der Waals surface area contributed by atoms with E-state index in [1.54, 1.807) is 12.1 Å². The van der Waals surface area contributed by atoms with Crippen molar-refractivity contribution < 1.29 is 9.47 Å². The van der Waals surface area contributed by atoms with Gasteiger partial charge in [-0.25, -0.2) is 0 Å². The van der Waals surface area contributed by atoms with Crippen molar-refractivity contribution in [3.05, 3.63) is 121 Å². The quantitative estimate of drug-likeness (QED) is 0.262. The predicted molar refractivity (Wildman–Crippen MR) is 139 cm³/mol. The van der Waals surface area contributed by atoms with Gasteiger partial charge in [-0.05, 0) is 53.1 Å². The van der Waals surface area contributed by atoms with Crippen LogP contribution in [0.4, 0.5) is 11.4 Å². The number of nitrogen functional groups attached to an aromatic ring is 2. The minimum atomic E-state index is 0.576. The molecule has 0 unspecified atom stereocenters. The standard InChI is InChI=1S/C30H24N2O2/c31-23-13-7-15-25(19-23)33-28-18-17-27(21-9-3-1-4-10-21)29(22-11-5-2-6-12-22)30(28)34-26-16-8-14-24(32)20-26/h1-20H,31-32H2. The highest BCUT2D eigenvalue weighted by molar-refractivity contribution is 5.90. The van der Waals surface area contributed by atoms with E-state index >= 15 is 0 Å². The Kier molecular flexibility index (Phi) is 5.87. The van der Waals surface area contributed by atoms with E-state index in [2.05, 4.69) is 30.3 Å². The third-order valence-corrected chi connectivity index (χ3v) is 5.43. The van der Waals surface area contributed by atoms with Crippen molar-refractivity contribution in [3.63, 3.8) is 0 Å². The van der Waals surface area contributed by atoms with Crippen molar-refractivity contribution in [2.45, 2.75) is 0 Å². The first-order valence-corrected chi connectivity index (χ1v) is 11.0. The number of benzene rings is 5. The predicted octanol–water partition coefficient (Wildman–Crippen LogP) is 7.77. The summed E-state index contributed by atoms with van der Waals surface area (Å²) in [5, 5.41) is 0. The van der Waals surface area contributed by atoms with Gasteiger partial charge in [-0.2, -0.15) is 0 Å². The normalized spacial score (nSPS) is 10.6. The van der Waals surface area contributed by atoms with Gasteiger partial charge in [0.1, 0.15) is 11.5 Å². The largest absolute Gasteiger partial charge is 0.453 e. The van der Waals surface area contributed by atoms with E-state index in [-0.39, 0.29) is 0 Å². The molecule has 34 heavy (non-hydrogen) atoms. The maximum absolute atomic E-state index is 6.50. The molecule has 0 aliphatic carbocycles. The molecule has 0 radical (unpaired) electrons. The van der Waals surface area contributed by atoms with Crippen LogP contribution in [0.15, 0.2) is 121 Å². The van der Waals surface area contributed by atoms with Crippen molar-refractivity contribution in [3.8, 4) is 45.3 Å². The first-order chi connectivity index (χ1) is 16.7. The maximum atomic E-state index is 6.50. The van der Waals surface area contributed by atoms with E-state index in [9.17, 15) is 0 Å². The lowest BCUT2D eigenvalue weighted by molar-refractivity contribution is 0.420. The van der Waals surface area contributed by atoms with E-state index in [1.165, 1.54) is 0 Å². The number of ether oxygens (including phenoxy) is 2. The molecule has 0 heterocycles. The fourth-order valence-electron chi connectivity index (χ4n) is 3.90. The molecule has 4 nitrogen and oxygen atoms in total. The lowest BCUT2D eigenvalue weighted by atomic mass is 9.93. The highest BCUT2D eigenvalue weighted by Gasteiger charge is 2.20. The molecule has 0 amide bonds. The van der Waals surface area contributed by atoms with Crippen LogP contribution in [0.3, 0.4) is 0 Å². The Morgan fingerprint density at radius 3 is 1.62 bits per heavy atom. The second kappa shape index (κ2) is 9.43. The molecule has 0 spiro atoms. The SMILES string of the molecule is Nc1cccc(Oc2ccc(-c3ccccc3)c(-c3ccccc3)c2Oc2cccc(N)c2)c1. The lowest BCUT2D eigenvalue weighted by Crippen LogP contribution is -1.97. The van der Waals surface area contributed by atoms with E-state index in [0.717, 1.165) is 22.3 Å². The van der Waals surface area contributed by atoms with Crippen LogP contribution in [0.1, 0.15) is 0 Å². The minimum Gasteiger partial charge on any atom is -0.453 e. The molecule has 5 aromatic carbocycles. The van der Waals surface area contributed by atoms with Crippen LogP contribution in [0.2, 0.25) is 0 Å². The fourth-order valence-corrected chi connectivity index (χ4v) is 3.90. The molecule has 0 bridgehead atoms. The average molecular weight is 445 g/mol. The van der Waals surface area contributed by atoms with Crippen LogP contribution < -0.4 is 20.9 Å². The van der Waals surface area contributed by atoms with Gasteiger partial charge >= 0.3 is 0 Å². The molecule has 0 aliphatic heterocycles. The molecular weight excluding hydrogens is 420 g/mol. The molecule has 0 fully saturated rings. The summed E-state index contributed by atoms with van der Waals surface area (Å²) in [5.41, 5.74) is 17.3. The molecule has 0 saturated carbocycles. The third-order valence-electron chi connectivity index (χ3n) is 5.43. The van der Waals surface area contributed by atoms with Crippen LogP contribution in [-0.2, 0) is 0 Å². The molecule has 0 aliphatic rings. The first kappa shape index (κ1) is 21.2. The lowest BCUT2D eigenvalue weighted by Gasteiger charge is -2.20. The highest BCUT2D eigenvalue weighted by atomic mass is 16.5. The smallest absolute Gasteiger partial charge is 0.178 e. The summed E-state index contributed by atoms with van der Waals surface area (Å²) in [7, 11) is 0. The molecule has 0 aromatic heterocycles. The second-order valence-electron chi connectivity index (χ2n) is 7.90. The molecule has 5 aromatic rings. The monoisotopic (exact) mass is 444 g/mol. The zero-order valence-electron chi connectivity index (χ0n) is 18.5. The van der Waals surface area contributed by atoms with E-state index in [0.29, 0.717) is 34.4 Å². The van der Waals surface area contributed by atoms with Crippen LogP contribution in [0.5, 0.6) is 23.0 Å². The minimum absolute atomic E-state index is 0.576. The Morgan fingerprint density at radius 1 is 0.471 bits per heavy atom. The van der Waals surface area contributed by atoms with Gasteiger partial charge in [-0.15, -0.1) is 0 Å². The van der Waals surface area contributed by atoms with Gasteiger partial charge in [0.05, 0.1) is 0 Å². The Morgan fingerprint density at radius 2 is 1.03 bits per heavy atom. The average Bonchev–Trinajstić information content (AvgIpc) is 2.86. The van der Waals surface area contributed by atoms with Crippen LogP contribution in [0.25, 0.3) is 22.3 Å². The van der Waals surface area contributed by atoms with Gasteiger partial charge in [-0.1, -0.05) is 72.8 Å². The van der Waals surface area contributed by atoms with E-state index < -0.39 is 0 Å². The van der Waals surface area contributed by atoms with Crippen LogP contribution in [-0.4, -0.2) is 0 Å². The summed E-state index contributed by atoms with van der Waals surface area (Å²) >= 11 is 0. The number of nitrogens with two attached hydrogens (primary N) is 2. The van der Waals surface area contributed by atoms with Gasteiger partial charge in [0.25, 0.3) is 0 Å². The summed E-state index contributed by atoms with van der Waals surface area (Å²) in [5.74, 6) is 2.43. The fraction of sp³-hybridized carbons (Fsp3) is 0. The Hall–Kier alpha value is -4.70. The molecule has 166 valence electrons. The Balaban J connectivity index is 1.74. The summed E-state index contributed by atoms with van der Waals surface area (Å²) in [4.78, 5) is 0. The summed E-state index contributed by atoms with van der Waals surface area (Å²) in [6, 6.07) is 39.1. The first-order valence-electron chi connectivity index (χ1n) is 11.0. The van der Waals surface area contributed by atoms with Gasteiger partial charge in [-0.3, -0.25) is 0 Å². The summed E-state index contributed by atoms with van der Waals surface area (Å²) in [6.07, 6.45) is 0. The van der Waals surface area contributed by atoms with E-state index in [4.69, 9.17) is 20.9 Å². The van der Waals surface area contributed by atoms with Gasteiger partial charge in [0, 0.05) is 29.1 Å². The van der Waals surface area contributed by atoms with Gasteiger partial charge in [0.2, 0.25) is 0 Å². The summed E-state index contributed by atoms with van der Waals surface area (Å²) in [6.45, 7) is 0. The summed E-state index contributed by atoms with van der Waals surface area (Å²) < 4.78 is 12.8. The van der Waals surface area contributed by atoms with Crippen LogP contribution in [0, 0.1) is 0 Å². The maximum Gasteiger partial charge on any atom is 0.178 e. The zero-order valence-corrected chi connectivity index (χ0v) is 18.5. The van der Waals surface area contributed by atoms with Crippen molar-refractivity contribution >= 4 is 11.4 Å². The van der Waals surface area contributed by atoms with Crippen molar-refractivity contribution in [2.24, 2.45) is 0 Å². The number of hydrogen-bond acceptors (Lipinski definition) is 4. The number of anilines is 2. The van der Waals surface area contributed by atoms with Crippen molar-refractivity contribution in [2.75, 3.05) is 11.5 Å². The second-order valence-corrected chi connectivity index (χ2v) is 7.90. The van der Waals surface area contributed by atoms with E-state index in [1.807, 2.05) is 78.9 Å². The highest BCUT2D eigenvalue weighted by Crippen LogP contribution is 2.48. The Bertz CT molecular complexity index is 1420. The van der Waals surface area contributed by atoms with Crippen LogP contribution >= 0.6 is 0 Å². The molecule has 0 atom stereocenters. The molecular formula is C30H24N2O2. The number of hydrogen-bond donors (Lipinski definition) is 2. The van der Waals surface area contributed by atoms with Crippen molar-refractivity contribution in [1.29, 1.82) is 0 Å². The van der Waals surface area contributed by atoms with Crippen molar-refractivity contribution in [1.82, 2.24) is 0 Å². The van der Waals surface area contributed by atoms with Gasteiger partial charge < -0.3 is 20.9 Å². The zero-order chi connectivity index (χ0) is 23.3. The Labute approximate surface area is 199 Å². The number of rotatable bonds is 6. The molecule has 4 N–H and O–H groups in total. The third kappa shape index (κ3) is 4.57.